The van der Waals surface area contributed by atoms with Crippen LogP contribution in [0, 0.1) is 11.8 Å². The van der Waals surface area contributed by atoms with Crippen LogP contribution in [-0.4, -0.2) is 17.9 Å². The Hall–Kier alpha value is -3.02. The standard InChI is InChI=1S/C31H31ClN2O2S/c1-20-7-5-10-26(21(20)2)33-30(35)24-15-13-22(14-16-24)18-29-31(36)34(19-23-8-6-9-25(32)17-23)27-11-3-4-12-28(27)37-29/h3-4,6,8-9,11-18,20-21,26H,5,7,10,19H2,1-2H3,(H,33,35)/b29-18+/t20-,21+,26+/m1/s1. The Morgan fingerprint density at radius 2 is 1.84 bits per heavy atom. The number of nitrogens with one attached hydrogen (secondary N) is 1. The Morgan fingerprint density at radius 3 is 2.62 bits per heavy atom. The first-order valence-electron chi connectivity index (χ1n) is 12.8. The molecule has 0 spiro atoms. The van der Waals surface area contributed by atoms with Crippen molar-refractivity contribution in [1.82, 2.24) is 5.32 Å². The van der Waals surface area contributed by atoms with E-state index < -0.39 is 0 Å². The van der Waals surface area contributed by atoms with Gasteiger partial charge < -0.3 is 10.2 Å². The maximum atomic E-state index is 13.6. The molecule has 0 radical (unpaired) electrons. The molecule has 2 aliphatic rings. The van der Waals surface area contributed by atoms with E-state index in [-0.39, 0.29) is 17.9 Å². The highest BCUT2D eigenvalue weighted by molar-refractivity contribution is 8.04. The molecule has 0 bridgehead atoms. The predicted octanol–water partition coefficient (Wildman–Crippen LogP) is 7.57. The van der Waals surface area contributed by atoms with E-state index in [1.807, 2.05) is 78.9 Å². The third-order valence-electron chi connectivity index (χ3n) is 7.56. The summed E-state index contributed by atoms with van der Waals surface area (Å²) in [6, 6.07) is 23.3. The number of fused-ring (bicyclic) bond motifs is 1. The fourth-order valence-electron chi connectivity index (χ4n) is 5.16. The van der Waals surface area contributed by atoms with Crippen molar-refractivity contribution in [3.05, 3.63) is 99.4 Å². The number of hydrogen-bond acceptors (Lipinski definition) is 3. The number of anilines is 1. The summed E-state index contributed by atoms with van der Waals surface area (Å²) in [6.07, 6.45) is 5.33. The van der Waals surface area contributed by atoms with Crippen LogP contribution in [0.4, 0.5) is 5.69 Å². The van der Waals surface area contributed by atoms with Gasteiger partial charge in [0.1, 0.15) is 0 Å². The zero-order valence-corrected chi connectivity index (χ0v) is 22.7. The zero-order chi connectivity index (χ0) is 25.9. The lowest BCUT2D eigenvalue weighted by Gasteiger charge is -2.34. The van der Waals surface area contributed by atoms with E-state index in [1.165, 1.54) is 18.2 Å². The maximum Gasteiger partial charge on any atom is 0.265 e. The molecule has 3 atom stereocenters. The van der Waals surface area contributed by atoms with Crippen molar-refractivity contribution in [2.24, 2.45) is 11.8 Å². The van der Waals surface area contributed by atoms with Crippen LogP contribution in [0.3, 0.4) is 0 Å². The molecular weight excluding hydrogens is 500 g/mol. The second kappa shape index (κ2) is 11.2. The molecule has 1 N–H and O–H groups in total. The average Bonchev–Trinajstić information content (AvgIpc) is 2.89. The summed E-state index contributed by atoms with van der Waals surface area (Å²) in [7, 11) is 0. The molecule has 1 aliphatic carbocycles. The quantitative estimate of drug-likeness (QED) is 0.346. The highest BCUT2D eigenvalue weighted by Gasteiger charge is 2.30. The number of halogens is 1. The lowest BCUT2D eigenvalue weighted by atomic mass is 9.78. The third kappa shape index (κ3) is 5.78. The molecule has 0 aromatic heterocycles. The Morgan fingerprint density at radius 1 is 1.05 bits per heavy atom. The van der Waals surface area contributed by atoms with Crippen LogP contribution in [0.5, 0.6) is 0 Å². The van der Waals surface area contributed by atoms with Crippen molar-refractivity contribution in [1.29, 1.82) is 0 Å². The number of hydrogen-bond donors (Lipinski definition) is 1. The van der Waals surface area contributed by atoms with E-state index >= 15 is 0 Å². The number of benzene rings is 3. The molecule has 3 aromatic rings. The summed E-state index contributed by atoms with van der Waals surface area (Å²) in [4.78, 5) is 29.9. The molecule has 0 saturated heterocycles. The summed E-state index contributed by atoms with van der Waals surface area (Å²) >= 11 is 7.67. The smallest absolute Gasteiger partial charge is 0.265 e. The van der Waals surface area contributed by atoms with E-state index in [0.717, 1.165) is 34.6 Å². The van der Waals surface area contributed by atoms with Gasteiger partial charge in [0.2, 0.25) is 0 Å². The van der Waals surface area contributed by atoms with Gasteiger partial charge in [0.05, 0.1) is 17.1 Å². The van der Waals surface area contributed by atoms with Gasteiger partial charge in [0.25, 0.3) is 11.8 Å². The van der Waals surface area contributed by atoms with Crippen molar-refractivity contribution in [3.8, 4) is 0 Å². The van der Waals surface area contributed by atoms with Crippen molar-refractivity contribution < 1.29 is 9.59 Å². The van der Waals surface area contributed by atoms with Crippen molar-refractivity contribution >= 4 is 46.9 Å². The summed E-state index contributed by atoms with van der Waals surface area (Å²) < 4.78 is 0. The molecule has 1 heterocycles. The molecule has 6 heteroatoms. The van der Waals surface area contributed by atoms with Crippen LogP contribution >= 0.6 is 23.4 Å². The van der Waals surface area contributed by atoms with Crippen LogP contribution in [0.25, 0.3) is 6.08 Å². The molecular formula is C31H31ClN2O2S. The van der Waals surface area contributed by atoms with Crippen LogP contribution in [0.2, 0.25) is 5.02 Å². The number of amides is 2. The minimum Gasteiger partial charge on any atom is -0.349 e. The molecule has 4 nitrogen and oxygen atoms in total. The lowest BCUT2D eigenvalue weighted by molar-refractivity contribution is -0.114. The van der Waals surface area contributed by atoms with Gasteiger partial charge in [-0.2, -0.15) is 0 Å². The molecule has 1 fully saturated rings. The monoisotopic (exact) mass is 530 g/mol. The normalized spacial score (nSPS) is 22.6. The molecule has 1 aliphatic heterocycles. The largest absolute Gasteiger partial charge is 0.349 e. The number of carbonyl (C=O) groups excluding carboxylic acids is 2. The van der Waals surface area contributed by atoms with Gasteiger partial charge in [-0.05, 0) is 71.9 Å². The second-order valence-electron chi connectivity index (χ2n) is 10.1. The SMILES string of the molecule is C[C@H]1[C@H](C)CCC[C@@H]1NC(=O)c1ccc(/C=C2/Sc3ccccc3N(Cc3cccc(Cl)c3)C2=O)cc1. The van der Waals surface area contributed by atoms with Crippen LogP contribution < -0.4 is 10.2 Å². The van der Waals surface area contributed by atoms with Gasteiger partial charge in [0, 0.05) is 21.5 Å². The number of carbonyl (C=O) groups is 2. The predicted molar refractivity (Wildman–Crippen MR) is 153 cm³/mol. The van der Waals surface area contributed by atoms with E-state index in [2.05, 4.69) is 19.2 Å². The Kier molecular flexibility index (Phi) is 7.73. The first-order chi connectivity index (χ1) is 17.9. The molecule has 5 rings (SSSR count). The Balaban J connectivity index is 1.34. The summed E-state index contributed by atoms with van der Waals surface area (Å²) in [6.45, 7) is 4.94. The Labute approximate surface area is 228 Å². The number of rotatable bonds is 5. The van der Waals surface area contributed by atoms with Crippen molar-refractivity contribution in [3.63, 3.8) is 0 Å². The summed E-state index contributed by atoms with van der Waals surface area (Å²) in [5, 5.41) is 3.89. The van der Waals surface area contributed by atoms with Gasteiger partial charge in [-0.25, -0.2) is 0 Å². The fraction of sp³-hybridized carbons (Fsp3) is 0.290. The molecule has 1 saturated carbocycles. The Bertz CT molecular complexity index is 1340. The number of nitrogens with zero attached hydrogens (tertiary/aromatic N) is 1. The third-order valence-corrected chi connectivity index (χ3v) is 8.87. The van der Waals surface area contributed by atoms with E-state index in [4.69, 9.17) is 11.6 Å². The molecule has 37 heavy (non-hydrogen) atoms. The molecule has 0 unspecified atom stereocenters. The number of para-hydroxylation sites is 1. The van der Waals surface area contributed by atoms with Crippen LogP contribution in [-0.2, 0) is 11.3 Å². The van der Waals surface area contributed by atoms with Gasteiger partial charge in [0.15, 0.2) is 0 Å². The molecule has 190 valence electrons. The van der Waals surface area contributed by atoms with E-state index in [9.17, 15) is 9.59 Å². The number of thioether (sulfide) groups is 1. The molecule has 2 amide bonds. The van der Waals surface area contributed by atoms with Gasteiger partial charge in [-0.15, -0.1) is 0 Å². The van der Waals surface area contributed by atoms with Crippen molar-refractivity contribution in [2.75, 3.05) is 4.90 Å². The van der Waals surface area contributed by atoms with Crippen LogP contribution in [0.1, 0.15) is 54.6 Å². The lowest BCUT2D eigenvalue weighted by Crippen LogP contribution is -2.43. The second-order valence-corrected chi connectivity index (χ2v) is 11.6. The first kappa shape index (κ1) is 25.6. The maximum absolute atomic E-state index is 13.6. The zero-order valence-electron chi connectivity index (χ0n) is 21.1. The highest BCUT2D eigenvalue weighted by atomic mass is 35.5. The van der Waals surface area contributed by atoms with Crippen LogP contribution in [0.15, 0.2) is 82.6 Å². The fourth-order valence-corrected chi connectivity index (χ4v) is 6.43. The average molecular weight is 531 g/mol. The molecule has 3 aromatic carbocycles. The first-order valence-corrected chi connectivity index (χ1v) is 14.0. The van der Waals surface area contributed by atoms with E-state index in [1.54, 1.807) is 4.90 Å². The minimum absolute atomic E-state index is 0.0325. The minimum atomic E-state index is -0.0501. The van der Waals surface area contributed by atoms with Gasteiger partial charge in [-0.1, -0.05) is 86.5 Å². The van der Waals surface area contributed by atoms with E-state index in [0.29, 0.717) is 33.9 Å². The van der Waals surface area contributed by atoms with Gasteiger partial charge in [-0.3, -0.25) is 9.59 Å². The highest BCUT2D eigenvalue weighted by Crippen LogP contribution is 2.42. The van der Waals surface area contributed by atoms with Gasteiger partial charge >= 0.3 is 0 Å². The van der Waals surface area contributed by atoms with Crippen molar-refractivity contribution in [2.45, 2.75) is 50.6 Å². The topological polar surface area (TPSA) is 49.4 Å². The summed E-state index contributed by atoms with van der Waals surface area (Å²) in [5.41, 5.74) is 3.39. The summed E-state index contributed by atoms with van der Waals surface area (Å²) in [5.74, 6) is 1.02.